The number of anilines is 1. The second-order valence-corrected chi connectivity index (χ2v) is 5.50. The van der Waals surface area contributed by atoms with E-state index in [0.717, 1.165) is 38.5 Å². The maximum absolute atomic E-state index is 10.7. The summed E-state index contributed by atoms with van der Waals surface area (Å²) >= 11 is 0. The number of hydrogen-bond acceptors (Lipinski definition) is 5. The van der Waals surface area contributed by atoms with Gasteiger partial charge in [-0.2, -0.15) is 0 Å². The number of ether oxygens (including phenoxy) is 1. The maximum Gasteiger partial charge on any atom is 0.269 e. The molecular formula is C14H19N3O3. The quantitative estimate of drug-likeness (QED) is 0.619. The Kier molecular flexibility index (Phi) is 3.58. The predicted molar refractivity (Wildman–Crippen MR) is 76.1 cm³/mol. The van der Waals surface area contributed by atoms with Gasteiger partial charge in [-0.1, -0.05) is 0 Å². The average Bonchev–Trinajstić information content (AvgIpc) is 2.39. The van der Waals surface area contributed by atoms with E-state index in [0.29, 0.717) is 12.1 Å². The molecule has 20 heavy (non-hydrogen) atoms. The SMILES string of the molecule is CC1CN(c2ccc([N+](=O)[O-])cc2)CCN1C1COC1. The molecule has 0 spiro atoms. The molecule has 2 aliphatic heterocycles. The standard InChI is InChI=1S/C14H19N3O3/c1-11-8-15(6-7-16(11)14-9-20-10-14)12-2-4-13(5-3-12)17(18)19/h2-5,11,14H,6-10H2,1H3. The number of nitro groups is 1. The third-order valence-corrected chi connectivity index (χ3v) is 4.19. The summed E-state index contributed by atoms with van der Waals surface area (Å²) in [4.78, 5) is 15.1. The molecular weight excluding hydrogens is 258 g/mol. The minimum Gasteiger partial charge on any atom is -0.378 e. The molecule has 0 aromatic heterocycles. The van der Waals surface area contributed by atoms with E-state index in [-0.39, 0.29) is 10.6 Å². The Morgan fingerprint density at radius 2 is 1.95 bits per heavy atom. The first-order valence-corrected chi connectivity index (χ1v) is 6.98. The zero-order chi connectivity index (χ0) is 14.1. The molecule has 0 saturated carbocycles. The lowest BCUT2D eigenvalue weighted by molar-refractivity contribution is -0.384. The average molecular weight is 277 g/mol. The van der Waals surface area contributed by atoms with Crippen LogP contribution in [-0.2, 0) is 4.74 Å². The zero-order valence-electron chi connectivity index (χ0n) is 11.6. The summed E-state index contributed by atoms with van der Waals surface area (Å²) in [6, 6.07) is 7.88. The van der Waals surface area contributed by atoms with Crippen LogP contribution in [0.5, 0.6) is 0 Å². The van der Waals surface area contributed by atoms with E-state index < -0.39 is 0 Å². The lowest BCUT2D eigenvalue weighted by atomic mass is 10.1. The number of hydrogen-bond donors (Lipinski definition) is 0. The van der Waals surface area contributed by atoms with Crippen molar-refractivity contribution in [2.24, 2.45) is 0 Å². The number of rotatable bonds is 3. The Balaban J connectivity index is 1.65. The van der Waals surface area contributed by atoms with Gasteiger partial charge in [0.15, 0.2) is 0 Å². The number of non-ortho nitro benzene ring substituents is 1. The van der Waals surface area contributed by atoms with Gasteiger partial charge in [-0.25, -0.2) is 0 Å². The molecule has 6 nitrogen and oxygen atoms in total. The van der Waals surface area contributed by atoms with Gasteiger partial charge >= 0.3 is 0 Å². The van der Waals surface area contributed by atoms with Crippen molar-refractivity contribution in [2.45, 2.75) is 19.0 Å². The molecule has 0 bridgehead atoms. The van der Waals surface area contributed by atoms with E-state index in [4.69, 9.17) is 4.74 Å². The molecule has 2 fully saturated rings. The fourth-order valence-corrected chi connectivity index (χ4v) is 2.95. The van der Waals surface area contributed by atoms with E-state index >= 15 is 0 Å². The fourth-order valence-electron chi connectivity index (χ4n) is 2.95. The first-order chi connectivity index (χ1) is 9.65. The Bertz CT molecular complexity index is 487. The van der Waals surface area contributed by atoms with E-state index in [9.17, 15) is 10.1 Å². The van der Waals surface area contributed by atoms with Crippen LogP contribution in [0.25, 0.3) is 0 Å². The smallest absolute Gasteiger partial charge is 0.269 e. The van der Waals surface area contributed by atoms with Gasteiger partial charge < -0.3 is 9.64 Å². The number of nitro benzene ring substituents is 1. The summed E-state index contributed by atoms with van der Waals surface area (Å²) < 4.78 is 5.26. The van der Waals surface area contributed by atoms with Gasteiger partial charge in [0, 0.05) is 43.5 Å². The second kappa shape index (κ2) is 5.38. The molecule has 0 aliphatic carbocycles. The number of piperazine rings is 1. The molecule has 1 aromatic carbocycles. The molecule has 1 atom stereocenters. The molecule has 3 rings (SSSR count). The Morgan fingerprint density at radius 3 is 2.45 bits per heavy atom. The van der Waals surface area contributed by atoms with Crippen molar-refractivity contribution in [2.75, 3.05) is 37.7 Å². The lowest BCUT2D eigenvalue weighted by Crippen LogP contribution is -2.60. The predicted octanol–water partition coefficient (Wildman–Crippen LogP) is 1.50. The van der Waals surface area contributed by atoms with Crippen LogP contribution >= 0.6 is 0 Å². The van der Waals surface area contributed by atoms with Gasteiger partial charge in [-0.05, 0) is 19.1 Å². The Morgan fingerprint density at radius 1 is 1.25 bits per heavy atom. The molecule has 2 heterocycles. The van der Waals surface area contributed by atoms with E-state index in [1.54, 1.807) is 12.1 Å². The van der Waals surface area contributed by atoms with Crippen molar-refractivity contribution in [3.05, 3.63) is 34.4 Å². The largest absolute Gasteiger partial charge is 0.378 e. The third-order valence-electron chi connectivity index (χ3n) is 4.19. The lowest BCUT2D eigenvalue weighted by Gasteiger charge is -2.47. The molecule has 1 aromatic rings. The molecule has 1 unspecified atom stereocenters. The monoisotopic (exact) mass is 277 g/mol. The van der Waals surface area contributed by atoms with E-state index in [1.807, 2.05) is 12.1 Å². The van der Waals surface area contributed by atoms with Crippen LogP contribution in [0.3, 0.4) is 0 Å². The van der Waals surface area contributed by atoms with Gasteiger partial charge in [0.2, 0.25) is 0 Å². The van der Waals surface area contributed by atoms with Crippen molar-refractivity contribution >= 4 is 11.4 Å². The molecule has 0 amide bonds. The second-order valence-electron chi connectivity index (χ2n) is 5.50. The van der Waals surface area contributed by atoms with Crippen LogP contribution in [0.4, 0.5) is 11.4 Å². The highest BCUT2D eigenvalue weighted by atomic mass is 16.6. The number of nitrogens with zero attached hydrogens (tertiary/aromatic N) is 3. The number of benzene rings is 1. The zero-order valence-corrected chi connectivity index (χ0v) is 11.6. The molecule has 2 aliphatic rings. The third kappa shape index (κ3) is 2.48. The molecule has 0 radical (unpaired) electrons. The summed E-state index contributed by atoms with van der Waals surface area (Å²) in [5.41, 5.74) is 1.21. The van der Waals surface area contributed by atoms with Gasteiger partial charge in [0.05, 0.1) is 24.2 Å². The molecule has 6 heteroatoms. The normalized spacial score (nSPS) is 24.4. The van der Waals surface area contributed by atoms with E-state index in [2.05, 4.69) is 16.7 Å². The van der Waals surface area contributed by atoms with Gasteiger partial charge in [0.1, 0.15) is 0 Å². The van der Waals surface area contributed by atoms with Crippen molar-refractivity contribution < 1.29 is 9.66 Å². The van der Waals surface area contributed by atoms with Gasteiger partial charge in [0.25, 0.3) is 5.69 Å². The summed E-state index contributed by atoms with van der Waals surface area (Å²) in [6.07, 6.45) is 0. The summed E-state index contributed by atoms with van der Waals surface area (Å²) in [7, 11) is 0. The topological polar surface area (TPSA) is 58.8 Å². The highest BCUT2D eigenvalue weighted by Crippen LogP contribution is 2.24. The maximum atomic E-state index is 10.7. The summed E-state index contributed by atoms with van der Waals surface area (Å²) in [5.74, 6) is 0. The minimum atomic E-state index is -0.360. The van der Waals surface area contributed by atoms with Gasteiger partial charge in [-0.3, -0.25) is 15.0 Å². The minimum absolute atomic E-state index is 0.145. The van der Waals surface area contributed by atoms with Crippen LogP contribution in [0.2, 0.25) is 0 Å². The van der Waals surface area contributed by atoms with Gasteiger partial charge in [-0.15, -0.1) is 0 Å². The van der Waals surface area contributed by atoms with Crippen LogP contribution in [0.1, 0.15) is 6.92 Å². The molecule has 2 saturated heterocycles. The van der Waals surface area contributed by atoms with Crippen LogP contribution in [-0.4, -0.2) is 54.8 Å². The summed E-state index contributed by atoms with van der Waals surface area (Å²) in [5, 5.41) is 10.7. The van der Waals surface area contributed by atoms with E-state index in [1.165, 1.54) is 0 Å². The molecule has 108 valence electrons. The van der Waals surface area contributed by atoms with Crippen molar-refractivity contribution in [1.29, 1.82) is 0 Å². The Hall–Kier alpha value is -1.66. The van der Waals surface area contributed by atoms with Crippen LogP contribution < -0.4 is 4.90 Å². The fraction of sp³-hybridized carbons (Fsp3) is 0.571. The Labute approximate surface area is 118 Å². The first kappa shape index (κ1) is 13.3. The summed E-state index contributed by atoms with van der Waals surface area (Å²) in [6.45, 7) is 6.86. The van der Waals surface area contributed by atoms with Crippen LogP contribution in [0, 0.1) is 10.1 Å². The van der Waals surface area contributed by atoms with Crippen molar-refractivity contribution in [3.8, 4) is 0 Å². The molecule has 0 N–H and O–H groups in total. The first-order valence-electron chi connectivity index (χ1n) is 6.98. The highest BCUT2D eigenvalue weighted by molar-refractivity contribution is 5.51. The van der Waals surface area contributed by atoms with Crippen molar-refractivity contribution in [1.82, 2.24) is 4.90 Å². The van der Waals surface area contributed by atoms with Crippen LogP contribution in [0.15, 0.2) is 24.3 Å². The highest BCUT2D eigenvalue weighted by Gasteiger charge is 2.33. The van der Waals surface area contributed by atoms with Crippen molar-refractivity contribution in [3.63, 3.8) is 0 Å².